The summed E-state index contributed by atoms with van der Waals surface area (Å²) in [5.74, 6) is -5.02. The van der Waals surface area contributed by atoms with Crippen molar-refractivity contribution in [3.05, 3.63) is 0 Å². The van der Waals surface area contributed by atoms with Crippen molar-refractivity contribution in [3.63, 3.8) is 0 Å². The Labute approximate surface area is 135 Å². The third-order valence-corrected chi connectivity index (χ3v) is 1.29. The molecule has 8 nitrogen and oxygen atoms in total. The van der Waals surface area contributed by atoms with E-state index in [1.165, 1.54) is 0 Å². The van der Waals surface area contributed by atoms with Crippen LogP contribution in [0.25, 0.3) is 0 Å². The van der Waals surface area contributed by atoms with E-state index in [4.69, 9.17) is 20.4 Å². The molecule has 6 N–H and O–H groups in total. The van der Waals surface area contributed by atoms with Gasteiger partial charge in [0.25, 0.3) is 0 Å². The molecule has 0 saturated heterocycles. The summed E-state index contributed by atoms with van der Waals surface area (Å²) >= 11 is 0. The van der Waals surface area contributed by atoms with Crippen molar-refractivity contribution in [3.8, 4) is 0 Å². The van der Waals surface area contributed by atoms with E-state index in [0.29, 0.717) is 0 Å². The molecule has 0 heterocycles. The molecule has 16 heavy (non-hydrogen) atoms. The van der Waals surface area contributed by atoms with Gasteiger partial charge in [-0.1, -0.05) is 0 Å². The van der Waals surface area contributed by atoms with E-state index in [0.717, 1.165) is 0 Å². The van der Waals surface area contributed by atoms with E-state index in [1.54, 1.807) is 0 Å². The normalized spacial score (nSPS) is 8.81. The van der Waals surface area contributed by atoms with Crippen LogP contribution in [0.5, 0.6) is 0 Å². The molecule has 0 aromatic heterocycles. The second-order valence-corrected chi connectivity index (χ2v) is 2.48. The second kappa shape index (κ2) is 10.5. The van der Waals surface area contributed by atoms with E-state index >= 15 is 0 Å². The van der Waals surface area contributed by atoms with Crippen molar-refractivity contribution < 1.29 is 40.3 Å². The summed E-state index contributed by atoms with van der Waals surface area (Å²) in [4.78, 5) is 30.5. The molecule has 0 rings (SSSR count). The third kappa shape index (κ3) is 9.55. The zero-order valence-electron chi connectivity index (χ0n) is 8.93. The van der Waals surface area contributed by atoms with Gasteiger partial charge in [-0.2, -0.15) is 0 Å². The molecule has 0 spiro atoms. The molecule has 0 atom stereocenters. The summed E-state index contributed by atoms with van der Waals surface area (Å²) in [6.45, 7) is 0. The van der Waals surface area contributed by atoms with Gasteiger partial charge in [0.15, 0.2) is 5.60 Å². The zero-order valence-corrected chi connectivity index (χ0v) is 12.9. The van der Waals surface area contributed by atoms with Crippen molar-refractivity contribution in [1.29, 1.82) is 0 Å². The summed E-state index contributed by atoms with van der Waals surface area (Å²) in [5, 5.41) is 33.8. The van der Waals surface area contributed by atoms with Crippen LogP contribution in [0.2, 0.25) is 0 Å². The third-order valence-electron chi connectivity index (χ3n) is 1.29. The van der Waals surface area contributed by atoms with Gasteiger partial charge in [-0.25, -0.2) is 4.79 Å². The summed E-state index contributed by atoms with van der Waals surface area (Å²) in [6.07, 6.45) is -2.29. The van der Waals surface area contributed by atoms with Crippen molar-refractivity contribution >= 4 is 77.0 Å². The molecule has 0 aromatic carbocycles. The van der Waals surface area contributed by atoms with Crippen LogP contribution in [0.1, 0.15) is 12.8 Å². The number of hydrogen-bond acceptors (Lipinski definition) is 4. The van der Waals surface area contributed by atoms with E-state index < -0.39 is 36.4 Å². The minimum absolute atomic E-state index is 0. The number of rotatable bonds is 5. The van der Waals surface area contributed by atoms with Crippen LogP contribution in [-0.4, -0.2) is 109 Å². The smallest absolute Gasteiger partial charge is 0.336 e. The fourth-order valence-corrected chi connectivity index (χ4v) is 0.714. The number of aliphatic hydroxyl groups is 1. The predicted octanol–water partition coefficient (Wildman–Crippen LogP) is -2.83. The molecule has 0 aliphatic carbocycles. The first-order valence-electron chi connectivity index (χ1n) is 3.17. The Morgan fingerprint density at radius 3 is 1.25 bits per heavy atom. The Morgan fingerprint density at radius 2 is 1.12 bits per heavy atom. The van der Waals surface area contributed by atoms with E-state index in [9.17, 15) is 14.4 Å². The standard InChI is InChI=1S/C6H8O7.2Na.H2O/c7-3(8)1-6(13,5(11)12)2-4(9)10;;;/h13H,1-2H2,(H,7,8)(H,9,10)(H,11,12);;;1H2. The molecule has 0 bridgehead atoms. The van der Waals surface area contributed by atoms with Crippen LogP contribution >= 0.6 is 0 Å². The van der Waals surface area contributed by atoms with Gasteiger partial charge in [0.05, 0.1) is 12.8 Å². The Hall–Kier alpha value is 0.330. The number of aliphatic carboxylic acids is 3. The molecule has 0 saturated carbocycles. The Kier molecular flexibility index (Phi) is 16.5. The van der Waals surface area contributed by atoms with Gasteiger partial charge in [-0.3, -0.25) is 9.59 Å². The predicted molar refractivity (Wildman–Crippen MR) is 52.2 cm³/mol. The van der Waals surface area contributed by atoms with Crippen molar-refractivity contribution in [2.24, 2.45) is 0 Å². The van der Waals surface area contributed by atoms with Crippen LogP contribution in [0.4, 0.5) is 0 Å². The summed E-state index contributed by atoms with van der Waals surface area (Å²) in [6, 6.07) is 0. The Bertz CT molecular complexity index is 237. The van der Waals surface area contributed by atoms with Crippen LogP contribution in [0.15, 0.2) is 0 Å². The Morgan fingerprint density at radius 1 is 0.875 bits per heavy atom. The van der Waals surface area contributed by atoms with Gasteiger partial charge >= 0.3 is 17.9 Å². The van der Waals surface area contributed by atoms with Gasteiger partial charge in [0, 0.05) is 59.1 Å². The molecule has 84 valence electrons. The van der Waals surface area contributed by atoms with Crippen LogP contribution in [-0.2, 0) is 14.4 Å². The van der Waals surface area contributed by atoms with E-state index in [2.05, 4.69) is 0 Å². The minimum atomic E-state index is -2.74. The maximum Gasteiger partial charge on any atom is 0.336 e. The average Bonchev–Trinajstić information content (AvgIpc) is 1.82. The van der Waals surface area contributed by atoms with Crippen molar-refractivity contribution in [2.45, 2.75) is 18.4 Å². The number of carboxylic acids is 3. The minimum Gasteiger partial charge on any atom is -0.481 e. The summed E-state index contributed by atoms with van der Waals surface area (Å²) in [7, 11) is 0. The molecule has 0 unspecified atom stereocenters. The largest absolute Gasteiger partial charge is 0.481 e. The fourth-order valence-electron chi connectivity index (χ4n) is 0.714. The van der Waals surface area contributed by atoms with Gasteiger partial charge in [-0.15, -0.1) is 0 Å². The monoisotopic (exact) mass is 256 g/mol. The van der Waals surface area contributed by atoms with Gasteiger partial charge < -0.3 is 25.9 Å². The molecule has 0 aliphatic heterocycles. The number of carboxylic acid groups (broad SMARTS) is 3. The van der Waals surface area contributed by atoms with Gasteiger partial charge in [0.2, 0.25) is 0 Å². The quantitative estimate of drug-likeness (QED) is 0.385. The first-order valence-corrected chi connectivity index (χ1v) is 3.17. The summed E-state index contributed by atoms with van der Waals surface area (Å²) in [5.41, 5.74) is -2.74. The van der Waals surface area contributed by atoms with Crippen LogP contribution < -0.4 is 0 Å². The topological polar surface area (TPSA) is 164 Å². The first kappa shape index (κ1) is 25.2. The van der Waals surface area contributed by atoms with E-state index in [1.807, 2.05) is 0 Å². The Balaban J connectivity index is -0.000000240. The second-order valence-electron chi connectivity index (χ2n) is 2.48. The number of carbonyl (C=O) groups is 3. The summed E-state index contributed by atoms with van der Waals surface area (Å²) < 4.78 is 0. The van der Waals surface area contributed by atoms with Crippen molar-refractivity contribution in [1.82, 2.24) is 0 Å². The van der Waals surface area contributed by atoms with Crippen LogP contribution in [0, 0.1) is 0 Å². The van der Waals surface area contributed by atoms with Gasteiger partial charge in [-0.05, 0) is 0 Å². The van der Waals surface area contributed by atoms with E-state index in [-0.39, 0.29) is 64.6 Å². The SMILES string of the molecule is O.O=C(O)CC(O)(CC(=O)O)C(=O)O.[Na].[Na]. The molecule has 0 aliphatic rings. The molecule has 0 fully saturated rings. The van der Waals surface area contributed by atoms with Crippen LogP contribution in [0.3, 0.4) is 0 Å². The maximum absolute atomic E-state index is 10.3. The zero-order chi connectivity index (χ0) is 10.6. The molecule has 10 heteroatoms. The molecular weight excluding hydrogens is 246 g/mol. The molecular formula is C6H10Na2O8. The molecule has 0 amide bonds. The van der Waals surface area contributed by atoms with Gasteiger partial charge in [0.1, 0.15) is 0 Å². The fraction of sp³-hybridized carbons (Fsp3) is 0.500. The average molecular weight is 256 g/mol. The molecule has 0 aromatic rings. The number of hydrogen-bond donors (Lipinski definition) is 4. The maximum atomic E-state index is 10.3. The first-order chi connectivity index (χ1) is 5.78. The van der Waals surface area contributed by atoms with Crippen molar-refractivity contribution in [2.75, 3.05) is 0 Å². The molecule has 2 radical (unpaired) electrons.